The number of fused-ring (bicyclic) bond motifs is 2. The van der Waals surface area contributed by atoms with Crippen LogP contribution < -0.4 is 10.6 Å². The number of halogens is 1. The fourth-order valence-electron chi connectivity index (χ4n) is 4.44. The van der Waals surface area contributed by atoms with Crippen molar-refractivity contribution in [3.63, 3.8) is 0 Å². The van der Waals surface area contributed by atoms with E-state index in [1.165, 1.54) is 0 Å². The van der Waals surface area contributed by atoms with Gasteiger partial charge in [-0.3, -0.25) is 4.79 Å². The van der Waals surface area contributed by atoms with Gasteiger partial charge in [-0.1, -0.05) is 35.9 Å². The summed E-state index contributed by atoms with van der Waals surface area (Å²) < 4.78 is 0. The molecule has 0 aliphatic carbocycles. The van der Waals surface area contributed by atoms with Crippen molar-refractivity contribution >= 4 is 29.2 Å². The lowest BCUT2D eigenvalue weighted by molar-refractivity contribution is 0.0577. The zero-order chi connectivity index (χ0) is 19.5. The monoisotopic (exact) mass is 397 g/mol. The van der Waals surface area contributed by atoms with Crippen molar-refractivity contribution in [1.29, 1.82) is 0 Å². The van der Waals surface area contributed by atoms with E-state index >= 15 is 0 Å². The van der Waals surface area contributed by atoms with Crippen molar-refractivity contribution < 1.29 is 9.59 Å². The van der Waals surface area contributed by atoms with Crippen LogP contribution in [0.4, 0.5) is 10.5 Å². The van der Waals surface area contributed by atoms with Crippen molar-refractivity contribution in [2.45, 2.75) is 50.2 Å². The highest BCUT2D eigenvalue weighted by molar-refractivity contribution is 6.30. The number of urea groups is 1. The van der Waals surface area contributed by atoms with Gasteiger partial charge in [-0.05, 0) is 62.4 Å². The molecule has 4 rings (SSSR count). The predicted octanol–water partition coefficient (Wildman–Crippen LogP) is 4.69. The van der Waals surface area contributed by atoms with E-state index < -0.39 is 0 Å². The van der Waals surface area contributed by atoms with Gasteiger partial charge in [0.25, 0.3) is 5.91 Å². The van der Waals surface area contributed by atoms with Crippen LogP contribution in [0.1, 0.15) is 42.5 Å². The molecule has 0 saturated carbocycles. The van der Waals surface area contributed by atoms with E-state index in [-0.39, 0.29) is 30.1 Å². The maximum atomic E-state index is 12.9. The van der Waals surface area contributed by atoms with Gasteiger partial charge in [-0.15, -0.1) is 0 Å². The molecular weight excluding hydrogens is 374 g/mol. The summed E-state index contributed by atoms with van der Waals surface area (Å²) in [6, 6.07) is 16.8. The third-order valence-electron chi connectivity index (χ3n) is 5.66. The summed E-state index contributed by atoms with van der Waals surface area (Å²) in [5.41, 5.74) is 1.38. The highest BCUT2D eigenvalue weighted by Gasteiger charge is 2.41. The SMILES string of the molecule is O=C(NC1C[C@H]2CCC[C@@H](C1)N2C(=O)Nc1cccc(Cl)c1)c1ccccc1. The molecule has 2 N–H and O–H groups in total. The molecule has 0 spiro atoms. The van der Waals surface area contributed by atoms with Gasteiger partial charge in [0.15, 0.2) is 0 Å². The smallest absolute Gasteiger partial charge is 0.322 e. The molecule has 2 aromatic carbocycles. The van der Waals surface area contributed by atoms with Crippen molar-refractivity contribution in [2.75, 3.05) is 5.32 Å². The zero-order valence-electron chi connectivity index (χ0n) is 15.6. The molecule has 0 radical (unpaired) electrons. The van der Waals surface area contributed by atoms with Gasteiger partial charge >= 0.3 is 6.03 Å². The molecule has 146 valence electrons. The van der Waals surface area contributed by atoms with E-state index in [1.807, 2.05) is 47.4 Å². The van der Waals surface area contributed by atoms with Crippen LogP contribution in [0.3, 0.4) is 0 Å². The third-order valence-corrected chi connectivity index (χ3v) is 5.89. The number of anilines is 1. The minimum Gasteiger partial charge on any atom is -0.349 e. The average molecular weight is 398 g/mol. The number of hydrogen-bond donors (Lipinski definition) is 2. The topological polar surface area (TPSA) is 61.4 Å². The molecule has 2 heterocycles. The Morgan fingerprint density at radius 3 is 2.36 bits per heavy atom. The average Bonchev–Trinajstić information content (AvgIpc) is 2.68. The van der Waals surface area contributed by atoms with Crippen LogP contribution in [0.2, 0.25) is 5.02 Å². The Balaban J connectivity index is 1.42. The second-order valence-corrected chi connectivity index (χ2v) is 8.03. The van der Waals surface area contributed by atoms with Crippen LogP contribution in [-0.2, 0) is 0 Å². The molecule has 3 amide bonds. The van der Waals surface area contributed by atoms with E-state index in [2.05, 4.69) is 10.6 Å². The third kappa shape index (κ3) is 4.14. The van der Waals surface area contributed by atoms with Gasteiger partial charge in [-0.2, -0.15) is 0 Å². The summed E-state index contributed by atoms with van der Waals surface area (Å²) >= 11 is 6.02. The number of nitrogens with zero attached hydrogens (tertiary/aromatic N) is 1. The first-order valence-electron chi connectivity index (χ1n) is 9.81. The maximum Gasteiger partial charge on any atom is 0.322 e. The highest BCUT2D eigenvalue weighted by atomic mass is 35.5. The highest BCUT2D eigenvalue weighted by Crippen LogP contribution is 2.34. The van der Waals surface area contributed by atoms with Crippen LogP contribution in [-0.4, -0.2) is 35.0 Å². The lowest BCUT2D eigenvalue weighted by atomic mass is 9.82. The summed E-state index contributed by atoms with van der Waals surface area (Å²) in [7, 11) is 0. The Hall–Kier alpha value is -2.53. The number of carbonyl (C=O) groups is 2. The molecule has 1 unspecified atom stereocenters. The molecule has 3 atom stereocenters. The molecule has 2 bridgehead atoms. The van der Waals surface area contributed by atoms with Crippen molar-refractivity contribution in [3.8, 4) is 0 Å². The van der Waals surface area contributed by atoms with E-state index in [0.29, 0.717) is 16.3 Å². The van der Waals surface area contributed by atoms with Crippen LogP contribution in [0.15, 0.2) is 54.6 Å². The minimum atomic E-state index is -0.0789. The van der Waals surface area contributed by atoms with Crippen LogP contribution >= 0.6 is 11.6 Å². The van der Waals surface area contributed by atoms with Crippen LogP contribution in [0, 0.1) is 0 Å². The zero-order valence-corrected chi connectivity index (χ0v) is 16.4. The number of piperidine rings is 2. The molecule has 2 fully saturated rings. The number of benzene rings is 2. The number of carbonyl (C=O) groups excluding carboxylic acids is 2. The normalized spacial score (nSPS) is 23.8. The van der Waals surface area contributed by atoms with Gasteiger partial charge in [0.05, 0.1) is 0 Å². The summed E-state index contributed by atoms with van der Waals surface area (Å²) in [5.74, 6) is -0.0412. The van der Waals surface area contributed by atoms with Gasteiger partial charge < -0.3 is 15.5 Å². The lowest BCUT2D eigenvalue weighted by Gasteiger charge is -2.48. The molecule has 2 aliphatic heterocycles. The van der Waals surface area contributed by atoms with Crippen molar-refractivity contribution in [2.24, 2.45) is 0 Å². The van der Waals surface area contributed by atoms with Crippen molar-refractivity contribution in [1.82, 2.24) is 10.2 Å². The number of hydrogen-bond acceptors (Lipinski definition) is 2. The van der Waals surface area contributed by atoms with E-state index in [0.717, 1.165) is 32.1 Å². The van der Waals surface area contributed by atoms with Crippen LogP contribution in [0.25, 0.3) is 0 Å². The summed E-state index contributed by atoms with van der Waals surface area (Å²) in [6.45, 7) is 0. The molecule has 28 heavy (non-hydrogen) atoms. The van der Waals surface area contributed by atoms with Gasteiger partial charge in [0.1, 0.15) is 0 Å². The second kappa shape index (κ2) is 8.23. The first kappa shape index (κ1) is 18.8. The Bertz CT molecular complexity index is 844. The Morgan fingerprint density at radius 1 is 0.964 bits per heavy atom. The van der Waals surface area contributed by atoms with E-state index in [9.17, 15) is 9.59 Å². The summed E-state index contributed by atoms with van der Waals surface area (Å²) in [5, 5.41) is 6.74. The molecule has 6 heteroatoms. The minimum absolute atomic E-state index is 0.0412. The van der Waals surface area contributed by atoms with Gasteiger partial charge in [0, 0.05) is 34.4 Å². The predicted molar refractivity (Wildman–Crippen MR) is 111 cm³/mol. The van der Waals surface area contributed by atoms with Gasteiger partial charge in [-0.25, -0.2) is 4.79 Å². The first-order valence-corrected chi connectivity index (χ1v) is 10.2. The lowest BCUT2D eigenvalue weighted by Crippen LogP contribution is -2.59. The summed E-state index contributed by atoms with van der Waals surface area (Å²) in [6.07, 6.45) is 4.64. The van der Waals surface area contributed by atoms with Crippen molar-refractivity contribution in [3.05, 3.63) is 65.2 Å². The molecule has 5 nitrogen and oxygen atoms in total. The van der Waals surface area contributed by atoms with Gasteiger partial charge in [0.2, 0.25) is 0 Å². The molecule has 0 aromatic heterocycles. The molecular formula is C22H24ClN3O2. The fourth-order valence-corrected chi connectivity index (χ4v) is 4.63. The second-order valence-electron chi connectivity index (χ2n) is 7.59. The Labute approximate surface area is 170 Å². The largest absolute Gasteiger partial charge is 0.349 e. The molecule has 2 aliphatic rings. The Morgan fingerprint density at radius 2 is 1.68 bits per heavy atom. The quantitative estimate of drug-likeness (QED) is 0.789. The Kier molecular flexibility index (Phi) is 5.53. The fraction of sp³-hybridized carbons (Fsp3) is 0.364. The molecule has 2 aromatic rings. The standard InChI is InChI=1S/C22H24ClN3O2/c23-16-8-4-9-17(12-16)25-22(28)26-19-10-5-11-20(26)14-18(13-19)24-21(27)15-6-2-1-3-7-15/h1-4,6-9,12,18-20H,5,10-11,13-14H2,(H,24,27)(H,25,28)/t18?,19-,20+. The number of amides is 3. The number of nitrogens with one attached hydrogen (secondary N) is 2. The maximum absolute atomic E-state index is 12.9. The molecule has 2 saturated heterocycles. The van der Waals surface area contributed by atoms with Crippen LogP contribution in [0.5, 0.6) is 0 Å². The summed E-state index contributed by atoms with van der Waals surface area (Å²) in [4.78, 5) is 27.4. The number of rotatable bonds is 3. The van der Waals surface area contributed by atoms with E-state index in [1.54, 1.807) is 12.1 Å². The first-order chi connectivity index (χ1) is 13.6. The van der Waals surface area contributed by atoms with E-state index in [4.69, 9.17) is 11.6 Å².